The van der Waals surface area contributed by atoms with E-state index in [1.54, 1.807) is 0 Å². The summed E-state index contributed by atoms with van der Waals surface area (Å²) in [6.45, 7) is 2.47. The van der Waals surface area contributed by atoms with Crippen molar-refractivity contribution in [1.29, 1.82) is 0 Å². The van der Waals surface area contributed by atoms with E-state index in [1.165, 1.54) is 4.68 Å². The molecule has 1 aromatic heterocycles. The number of carboxylic acid groups (broad SMARTS) is 1. The highest BCUT2D eigenvalue weighted by Crippen LogP contribution is 2.22. The molecule has 0 unspecified atom stereocenters. The van der Waals surface area contributed by atoms with Gasteiger partial charge < -0.3 is 9.84 Å². The SMILES string of the molecule is CCOCc1c(C(=O)O)nnn1-c1ccccc1Br. The molecule has 0 bridgehead atoms. The van der Waals surface area contributed by atoms with E-state index in [-0.39, 0.29) is 12.3 Å². The van der Waals surface area contributed by atoms with Crippen LogP contribution in [0.1, 0.15) is 23.1 Å². The van der Waals surface area contributed by atoms with E-state index < -0.39 is 5.97 Å². The summed E-state index contributed by atoms with van der Waals surface area (Å²) in [5.41, 5.74) is 1.04. The van der Waals surface area contributed by atoms with Gasteiger partial charge in [-0.05, 0) is 35.0 Å². The zero-order valence-electron chi connectivity index (χ0n) is 10.2. The molecule has 0 aliphatic heterocycles. The summed E-state index contributed by atoms with van der Waals surface area (Å²) in [5, 5.41) is 16.7. The van der Waals surface area contributed by atoms with Crippen molar-refractivity contribution in [1.82, 2.24) is 15.0 Å². The van der Waals surface area contributed by atoms with Crippen LogP contribution >= 0.6 is 15.9 Å². The number of ether oxygens (including phenoxy) is 1. The summed E-state index contributed by atoms with van der Waals surface area (Å²) >= 11 is 3.40. The predicted octanol–water partition coefficient (Wildman–Crippen LogP) is 2.26. The highest BCUT2D eigenvalue weighted by Gasteiger charge is 2.20. The number of nitrogens with zero attached hydrogens (tertiary/aromatic N) is 3. The van der Waals surface area contributed by atoms with E-state index in [1.807, 2.05) is 31.2 Å². The Labute approximate surface area is 118 Å². The van der Waals surface area contributed by atoms with Crippen LogP contribution < -0.4 is 0 Å². The van der Waals surface area contributed by atoms with Gasteiger partial charge in [-0.15, -0.1) is 5.10 Å². The number of para-hydroxylation sites is 1. The van der Waals surface area contributed by atoms with Gasteiger partial charge in [0.15, 0.2) is 5.69 Å². The molecule has 2 rings (SSSR count). The second kappa shape index (κ2) is 5.94. The van der Waals surface area contributed by atoms with Crippen molar-refractivity contribution in [2.75, 3.05) is 6.61 Å². The number of carboxylic acids is 1. The van der Waals surface area contributed by atoms with Gasteiger partial charge in [0.1, 0.15) is 5.69 Å². The average molecular weight is 326 g/mol. The molecule has 100 valence electrons. The fraction of sp³-hybridized carbons (Fsp3) is 0.250. The summed E-state index contributed by atoms with van der Waals surface area (Å²) in [5.74, 6) is -1.12. The van der Waals surface area contributed by atoms with Crippen LogP contribution in [0, 0.1) is 0 Å². The van der Waals surface area contributed by atoms with Gasteiger partial charge in [0.05, 0.1) is 12.3 Å². The van der Waals surface area contributed by atoms with Gasteiger partial charge in [0, 0.05) is 11.1 Å². The molecule has 19 heavy (non-hydrogen) atoms. The zero-order chi connectivity index (χ0) is 13.8. The van der Waals surface area contributed by atoms with Crippen molar-refractivity contribution >= 4 is 21.9 Å². The molecule has 6 nitrogen and oxygen atoms in total. The van der Waals surface area contributed by atoms with Crippen molar-refractivity contribution < 1.29 is 14.6 Å². The summed E-state index contributed by atoms with van der Waals surface area (Å²) < 4.78 is 7.57. The minimum absolute atomic E-state index is 0.0933. The summed E-state index contributed by atoms with van der Waals surface area (Å²) in [7, 11) is 0. The molecule has 7 heteroatoms. The average Bonchev–Trinajstić information content (AvgIpc) is 2.80. The Balaban J connectivity index is 2.51. The summed E-state index contributed by atoms with van der Waals surface area (Å²) in [6, 6.07) is 7.37. The lowest BCUT2D eigenvalue weighted by atomic mass is 10.3. The van der Waals surface area contributed by atoms with Crippen LogP contribution in [-0.4, -0.2) is 32.7 Å². The maximum Gasteiger partial charge on any atom is 0.358 e. The van der Waals surface area contributed by atoms with Crippen LogP contribution in [0.4, 0.5) is 0 Å². The molecule has 0 fully saturated rings. The van der Waals surface area contributed by atoms with Crippen molar-refractivity contribution in [3.05, 3.63) is 40.1 Å². The predicted molar refractivity (Wildman–Crippen MR) is 71.3 cm³/mol. The first-order valence-corrected chi connectivity index (χ1v) is 6.45. The standard InChI is InChI=1S/C12H12BrN3O3/c1-2-19-7-10-11(12(17)18)14-15-16(10)9-6-4-3-5-8(9)13/h3-6H,2,7H2,1H3,(H,17,18). The molecule has 0 atom stereocenters. The minimum atomic E-state index is -1.12. The van der Waals surface area contributed by atoms with E-state index in [0.29, 0.717) is 12.3 Å². The van der Waals surface area contributed by atoms with Gasteiger partial charge in [-0.3, -0.25) is 0 Å². The Hall–Kier alpha value is -1.73. The third-order valence-electron chi connectivity index (χ3n) is 2.49. The topological polar surface area (TPSA) is 77.2 Å². The molecule has 1 N–H and O–H groups in total. The van der Waals surface area contributed by atoms with Gasteiger partial charge in [0.25, 0.3) is 0 Å². The maximum atomic E-state index is 11.1. The van der Waals surface area contributed by atoms with Crippen LogP contribution in [-0.2, 0) is 11.3 Å². The number of rotatable bonds is 5. The number of carbonyl (C=O) groups is 1. The lowest BCUT2D eigenvalue weighted by Gasteiger charge is -2.08. The Morgan fingerprint density at radius 1 is 1.47 bits per heavy atom. The van der Waals surface area contributed by atoms with Gasteiger partial charge in [0.2, 0.25) is 0 Å². The van der Waals surface area contributed by atoms with E-state index in [9.17, 15) is 4.79 Å². The number of hydrogen-bond acceptors (Lipinski definition) is 4. The zero-order valence-corrected chi connectivity index (χ0v) is 11.8. The van der Waals surface area contributed by atoms with Crippen molar-refractivity contribution in [3.8, 4) is 5.69 Å². The van der Waals surface area contributed by atoms with Crippen LogP contribution in [0.3, 0.4) is 0 Å². The molecule has 1 heterocycles. The monoisotopic (exact) mass is 325 g/mol. The maximum absolute atomic E-state index is 11.1. The van der Waals surface area contributed by atoms with Crippen LogP contribution in [0.2, 0.25) is 0 Å². The summed E-state index contributed by atoms with van der Waals surface area (Å²) in [6.07, 6.45) is 0. The largest absolute Gasteiger partial charge is 0.476 e. The van der Waals surface area contributed by atoms with Crippen LogP contribution in [0.15, 0.2) is 28.7 Å². The normalized spacial score (nSPS) is 10.6. The van der Waals surface area contributed by atoms with Gasteiger partial charge >= 0.3 is 5.97 Å². The number of aromatic nitrogens is 3. The van der Waals surface area contributed by atoms with Crippen molar-refractivity contribution in [2.45, 2.75) is 13.5 Å². The number of halogens is 1. The second-order valence-electron chi connectivity index (χ2n) is 3.69. The quantitative estimate of drug-likeness (QED) is 0.912. The third-order valence-corrected chi connectivity index (χ3v) is 3.16. The number of aromatic carboxylic acids is 1. The van der Waals surface area contributed by atoms with Crippen LogP contribution in [0.5, 0.6) is 0 Å². The molecule has 0 saturated heterocycles. The first-order chi connectivity index (χ1) is 9.15. The highest BCUT2D eigenvalue weighted by molar-refractivity contribution is 9.10. The molecular weight excluding hydrogens is 314 g/mol. The van der Waals surface area contributed by atoms with Crippen molar-refractivity contribution in [3.63, 3.8) is 0 Å². The highest BCUT2D eigenvalue weighted by atomic mass is 79.9. The molecule has 0 saturated carbocycles. The van der Waals surface area contributed by atoms with Gasteiger partial charge in [-0.1, -0.05) is 17.3 Å². The molecular formula is C12H12BrN3O3. The molecule has 0 aliphatic rings. The van der Waals surface area contributed by atoms with Crippen LogP contribution in [0.25, 0.3) is 5.69 Å². The third kappa shape index (κ3) is 2.82. The number of benzene rings is 1. The lowest BCUT2D eigenvalue weighted by Crippen LogP contribution is -2.09. The fourth-order valence-electron chi connectivity index (χ4n) is 1.61. The first-order valence-electron chi connectivity index (χ1n) is 5.65. The number of hydrogen-bond donors (Lipinski definition) is 1. The van der Waals surface area contributed by atoms with Gasteiger partial charge in [-0.2, -0.15) is 0 Å². The van der Waals surface area contributed by atoms with E-state index in [4.69, 9.17) is 9.84 Å². The van der Waals surface area contributed by atoms with E-state index in [2.05, 4.69) is 26.2 Å². The fourth-order valence-corrected chi connectivity index (χ4v) is 2.07. The van der Waals surface area contributed by atoms with E-state index in [0.717, 1.165) is 10.2 Å². The molecule has 0 aliphatic carbocycles. The smallest absolute Gasteiger partial charge is 0.358 e. The van der Waals surface area contributed by atoms with Crippen molar-refractivity contribution in [2.24, 2.45) is 0 Å². The molecule has 0 radical (unpaired) electrons. The summed E-state index contributed by atoms with van der Waals surface area (Å²) in [4.78, 5) is 11.1. The Kier molecular flexibility index (Phi) is 4.28. The Bertz CT molecular complexity index is 598. The molecule has 2 aromatic rings. The van der Waals surface area contributed by atoms with Gasteiger partial charge in [-0.25, -0.2) is 9.48 Å². The lowest BCUT2D eigenvalue weighted by molar-refractivity contribution is 0.0681. The van der Waals surface area contributed by atoms with E-state index >= 15 is 0 Å². The minimum Gasteiger partial charge on any atom is -0.476 e. The second-order valence-corrected chi connectivity index (χ2v) is 4.54. The molecule has 0 amide bonds. The Morgan fingerprint density at radius 2 is 2.21 bits per heavy atom. The molecule has 0 spiro atoms. The first kappa shape index (κ1) is 13.7. The molecule has 1 aromatic carbocycles. The Morgan fingerprint density at radius 3 is 2.84 bits per heavy atom.